The Morgan fingerprint density at radius 1 is 1.43 bits per heavy atom. The van der Waals surface area contributed by atoms with Gasteiger partial charge in [-0.15, -0.1) is 10.2 Å². The van der Waals surface area contributed by atoms with E-state index in [0.717, 1.165) is 29.2 Å². The number of ether oxygens (including phenoxy) is 1. The molecule has 21 heavy (non-hydrogen) atoms. The monoisotopic (exact) mass is 304 g/mol. The van der Waals surface area contributed by atoms with E-state index in [0.29, 0.717) is 0 Å². The second-order valence-electron chi connectivity index (χ2n) is 5.31. The normalized spacial score (nSPS) is 14.4. The molecule has 1 fully saturated rings. The summed E-state index contributed by atoms with van der Waals surface area (Å²) < 4.78 is 7.39. The lowest BCUT2D eigenvalue weighted by Gasteiger charge is -2.11. The van der Waals surface area contributed by atoms with Crippen molar-refractivity contribution in [1.82, 2.24) is 20.1 Å². The van der Waals surface area contributed by atoms with Crippen LogP contribution in [-0.2, 0) is 19.3 Å². The molecule has 3 rings (SSSR count). The Morgan fingerprint density at radius 2 is 2.29 bits per heavy atom. The van der Waals surface area contributed by atoms with Crippen molar-refractivity contribution in [2.24, 2.45) is 7.05 Å². The largest absolute Gasteiger partial charge is 0.496 e. The zero-order valence-electron chi connectivity index (χ0n) is 12.4. The van der Waals surface area contributed by atoms with Crippen molar-refractivity contribution in [2.45, 2.75) is 36.3 Å². The molecule has 0 atom stereocenters. The van der Waals surface area contributed by atoms with Gasteiger partial charge in [0.1, 0.15) is 12.1 Å². The minimum atomic E-state index is 0.726. The van der Waals surface area contributed by atoms with Crippen LogP contribution in [0.4, 0.5) is 0 Å². The van der Waals surface area contributed by atoms with Crippen molar-refractivity contribution in [1.29, 1.82) is 0 Å². The predicted molar refractivity (Wildman–Crippen MR) is 83.4 cm³/mol. The number of thioether (sulfide) groups is 1. The van der Waals surface area contributed by atoms with Crippen LogP contribution in [-0.4, -0.2) is 27.9 Å². The molecule has 112 valence electrons. The SMILES string of the molecule is COc1ccc(CNC2CC2)cc1CSc1nncn1C. The van der Waals surface area contributed by atoms with Crippen molar-refractivity contribution < 1.29 is 4.74 Å². The second-order valence-corrected chi connectivity index (χ2v) is 6.26. The van der Waals surface area contributed by atoms with Gasteiger partial charge in [0.05, 0.1) is 7.11 Å². The van der Waals surface area contributed by atoms with Crippen LogP contribution in [0.2, 0.25) is 0 Å². The molecule has 1 heterocycles. The molecule has 0 radical (unpaired) electrons. The fourth-order valence-corrected chi connectivity index (χ4v) is 3.02. The average molecular weight is 304 g/mol. The van der Waals surface area contributed by atoms with E-state index in [-0.39, 0.29) is 0 Å². The van der Waals surface area contributed by atoms with E-state index in [1.807, 2.05) is 11.6 Å². The van der Waals surface area contributed by atoms with Crippen LogP contribution in [0, 0.1) is 0 Å². The maximum absolute atomic E-state index is 5.46. The number of aromatic nitrogens is 3. The first-order valence-electron chi connectivity index (χ1n) is 7.12. The van der Waals surface area contributed by atoms with Gasteiger partial charge in [-0.05, 0) is 30.5 Å². The Kier molecular flexibility index (Phi) is 4.45. The molecule has 2 aromatic rings. The topological polar surface area (TPSA) is 52.0 Å². The van der Waals surface area contributed by atoms with Crippen LogP contribution in [0.25, 0.3) is 0 Å². The Balaban J connectivity index is 1.68. The zero-order valence-corrected chi connectivity index (χ0v) is 13.2. The summed E-state index contributed by atoms with van der Waals surface area (Å²) in [7, 11) is 3.67. The summed E-state index contributed by atoms with van der Waals surface area (Å²) in [6, 6.07) is 7.13. The van der Waals surface area contributed by atoms with Crippen LogP contribution in [0.3, 0.4) is 0 Å². The number of hydrogen-bond donors (Lipinski definition) is 1. The lowest BCUT2D eigenvalue weighted by molar-refractivity contribution is 0.411. The maximum Gasteiger partial charge on any atom is 0.191 e. The molecule has 1 aromatic carbocycles. The van der Waals surface area contributed by atoms with Gasteiger partial charge in [0, 0.05) is 31.0 Å². The second kappa shape index (κ2) is 6.49. The van der Waals surface area contributed by atoms with E-state index in [1.54, 1.807) is 25.2 Å². The van der Waals surface area contributed by atoms with E-state index < -0.39 is 0 Å². The third-order valence-corrected chi connectivity index (χ3v) is 4.63. The molecule has 5 nitrogen and oxygen atoms in total. The van der Waals surface area contributed by atoms with Crippen LogP contribution < -0.4 is 10.1 Å². The van der Waals surface area contributed by atoms with Gasteiger partial charge in [0.25, 0.3) is 0 Å². The highest BCUT2D eigenvalue weighted by atomic mass is 32.2. The van der Waals surface area contributed by atoms with Gasteiger partial charge in [-0.2, -0.15) is 0 Å². The third kappa shape index (κ3) is 3.77. The van der Waals surface area contributed by atoms with E-state index in [2.05, 4.69) is 33.7 Å². The Hall–Kier alpha value is -1.53. The number of nitrogens with one attached hydrogen (secondary N) is 1. The van der Waals surface area contributed by atoms with Gasteiger partial charge < -0.3 is 14.6 Å². The van der Waals surface area contributed by atoms with Gasteiger partial charge in [-0.3, -0.25) is 0 Å². The van der Waals surface area contributed by atoms with E-state index in [1.165, 1.54) is 24.0 Å². The molecule has 1 N–H and O–H groups in total. The highest BCUT2D eigenvalue weighted by molar-refractivity contribution is 7.98. The summed E-state index contributed by atoms with van der Waals surface area (Å²) in [5, 5.41) is 12.5. The molecule has 0 bridgehead atoms. The van der Waals surface area contributed by atoms with E-state index in [4.69, 9.17) is 4.74 Å². The van der Waals surface area contributed by atoms with Crippen LogP contribution >= 0.6 is 11.8 Å². The molecule has 0 amide bonds. The summed E-state index contributed by atoms with van der Waals surface area (Å²) >= 11 is 1.67. The molecular weight excluding hydrogens is 284 g/mol. The standard InChI is InChI=1S/C15H20N4OS/c1-19-10-17-18-15(19)21-9-12-7-11(3-6-14(12)20-2)8-16-13-4-5-13/h3,6-7,10,13,16H,4-5,8-9H2,1-2H3. The molecule has 0 unspecified atom stereocenters. The minimum Gasteiger partial charge on any atom is -0.496 e. The van der Waals surface area contributed by atoms with Gasteiger partial charge in [0.2, 0.25) is 0 Å². The first-order valence-corrected chi connectivity index (χ1v) is 8.11. The molecule has 6 heteroatoms. The molecule has 1 aliphatic carbocycles. The fraction of sp³-hybridized carbons (Fsp3) is 0.467. The average Bonchev–Trinajstić information content (AvgIpc) is 3.25. The summed E-state index contributed by atoms with van der Waals surface area (Å²) in [6.07, 6.45) is 4.34. The molecule has 0 aliphatic heterocycles. The first-order chi connectivity index (χ1) is 10.3. The smallest absolute Gasteiger partial charge is 0.191 e. The lowest BCUT2D eigenvalue weighted by Crippen LogP contribution is -2.15. The van der Waals surface area contributed by atoms with Crippen LogP contribution in [0.15, 0.2) is 29.7 Å². The summed E-state index contributed by atoms with van der Waals surface area (Å²) in [4.78, 5) is 0. The zero-order chi connectivity index (χ0) is 14.7. The van der Waals surface area contributed by atoms with E-state index >= 15 is 0 Å². The molecule has 1 aliphatic rings. The number of aryl methyl sites for hydroxylation is 1. The molecule has 1 aromatic heterocycles. The number of nitrogens with zero attached hydrogens (tertiary/aromatic N) is 3. The Morgan fingerprint density at radius 3 is 2.95 bits per heavy atom. The highest BCUT2D eigenvalue weighted by Crippen LogP contribution is 2.28. The quantitative estimate of drug-likeness (QED) is 0.796. The van der Waals surface area contributed by atoms with Gasteiger partial charge >= 0.3 is 0 Å². The Labute approximate surface area is 129 Å². The van der Waals surface area contributed by atoms with Crippen LogP contribution in [0.5, 0.6) is 5.75 Å². The fourth-order valence-electron chi connectivity index (χ4n) is 2.15. The van der Waals surface area contributed by atoms with Gasteiger partial charge in [-0.1, -0.05) is 17.8 Å². The summed E-state index contributed by atoms with van der Waals surface area (Å²) in [5.41, 5.74) is 2.50. The molecule has 0 spiro atoms. The minimum absolute atomic E-state index is 0.726. The molecule has 1 saturated carbocycles. The van der Waals surface area contributed by atoms with E-state index in [9.17, 15) is 0 Å². The lowest BCUT2D eigenvalue weighted by atomic mass is 10.1. The van der Waals surface area contributed by atoms with Crippen molar-refractivity contribution >= 4 is 11.8 Å². The maximum atomic E-state index is 5.46. The van der Waals surface area contributed by atoms with Gasteiger partial charge in [0.15, 0.2) is 5.16 Å². The number of benzene rings is 1. The van der Waals surface area contributed by atoms with Crippen molar-refractivity contribution in [2.75, 3.05) is 7.11 Å². The highest BCUT2D eigenvalue weighted by Gasteiger charge is 2.20. The third-order valence-electron chi connectivity index (χ3n) is 3.54. The Bertz CT molecular complexity index is 609. The number of methoxy groups -OCH3 is 1. The number of hydrogen-bond acceptors (Lipinski definition) is 5. The summed E-state index contributed by atoms with van der Waals surface area (Å²) in [6.45, 7) is 0.927. The molecule has 0 saturated heterocycles. The number of rotatable bonds is 7. The summed E-state index contributed by atoms with van der Waals surface area (Å²) in [5.74, 6) is 1.76. The van der Waals surface area contributed by atoms with Crippen molar-refractivity contribution in [3.63, 3.8) is 0 Å². The van der Waals surface area contributed by atoms with Gasteiger partial charge in [-0.25, -0.2) is 0 Å². The predicted octanol–water partition coefficient (Wildman–Crippen LogP) is 2.37. The first kappa shape index (κ1) is 14.4. The van der Waals surface area contributed by atoms with Crippen molar-refractivity contribution in [3.8, 4) is 5.75 Å². The van der Waals surface area contributed by atoms with Crippen LogP contribution in [0.1, 0.15) is 24.0 Å². The van der Waals surface area contributed by atoms with Crippen molar-refractivity contribution in [3.05, 3.63) is 35.7 Å². The molecular formula is C15H20N4OS.